The van der Waals surface area contributed by atoms with E-state index in [9.17, 15) is 18.4 Å². The van der Waals surface area contributed by atoms with Crippen LogP contribution in [-0.4, -0.2) is 32.7 Å². The average Bonchev–Trinajstić information content (AvgIpc) is 2.61. The highest BCUT2D eigenvalue weighted by molar-refractivity contribution is 6.08. The predicted octanol–water partition coefficient (Wildman–Crippen LogP) is 3.34. The predicted molar refractivity (Wildman–Crippen MR) is 85.4 cm³/mol. The fraction of sp³-hybridized carbons (Fsp3) is 0.176. The van der Waals surface area contributed by atoms with E-state index < -0.39 is 18.5 Å². The molecule has 0 radical (unpaired) electrons. The molecule has 0 saturated carbocycles. The number of rotatable bonds is 6. The fourth-order valence-corrected chi connectivity index (χ4v) is 2.05. The summed E-state index contributed by atoms with van der Waals surface area (Å²) >= 11 is 0. The van der Waals surface area contributed by atoms with Crippen molar-refractivity contribution < 1.29 is 32.6 Å². The number of anilines is 1. The first-order valence-electron chi connectivity index (χ1n) is 7.07. The van der Waals surface area contributed by atoms with Gasteiger partial charge in [0.1, 0.15) is 11.5 Å². The summed E-state index contributed by atoms with van der Waals surface area (Å²) in [5.41, 5.74) is 0.373. The van der Waals surface area contributed by atoms with Gasteiger partial charge in [-0.1, -0.05) is 6.07 Å². The molecular formula is C17H15F2NO5. The minimum atomic E-state index is -2.99. The lowest BCUT2D eigenvalue weighted by atomic mass is 10.1. The van der Waals surface area contributed by atoms with Crippen LogP contribution in [0.15, 0.2) is 42.5 Å². The minimum absolute atomic E-state index is 0.0878. The van der Waals surface area contributed by atoms with Gasteiger partial charge in [-0.3, -0.25) is 4.79 Å². The number of esters is 1. The number of methoxy groups -OCH3 is 2. The van der Waals surface area contributed by atoms with Gasteiger partial charge in [-0.2, -0.15) is 8.78 Å². The lowest BCUT2D eigenvalue weighted by molar-refractivity contribution is -0.0498. The van der Waals surface area contributed by atoms with Crippen molar-refractivity contribution in [2.75, 3.05) is 19.5 Å². The Bertz CT molecular complexity index is 779. The van der Waals surface area contributed by atoms with Crippen LogP contribution in [0.3, 0.4) is 0 Å². The summed E-state index contributed by atoms with van der Waals surface area (Å²) in [7, 11) is 2.64. The molecule has 0 heterocycles. The molecule has 0 fully saturated rings. The molecule has 0 aromatic heterocycles. The van der Waals surface area contributed by atoms with E-state index >= 15 is 0 Å². The van der Waals surface area contributed by atoms with Gasteiger partial charge >= 0.3 is 12.6 Å². The maximum Gasteiger partial charge on any atom is 0.387 e. The molecule has 2 aromatic carbocycles. The van der Waals surface area contributed by atoms with Crippen LogP contribution in [0.5, 0.6) is 11.5 Å². The zero-order chi connectivity index (χ0) is 18.4. The molecule has 6 nitrogen and oxygen atoms in total. The van der Waals surface area contributed by atoms with Crippen molar-refractivity contribution in [3.05, 3.63) is 53.6 Å². The van der Waals surface area contributed by atoms with Gasteiger partial charge in [-0.15, -0.1) is 0 Å². The van der Waals surface area contributed by atoms with Crippen LogP contribution in [-0.2, 0) is 4.74 Å². The molecule has 0 aliphatic carbocycles. The SMILES string of the molecule is COC(=O)c1cc(OC)ccc1NC(=O)c1cccc(OC(F)F)c1. The van der Waals surface area contributed by atoms with Crippen LogP contribution in [0.4, 0.5) is 14.5 Å². The van der Waals surface area contributed by atoms with Crippen LogP contribution in [0.2, 0.25) is 0 Å². The fourth-order valence-electron chi connectivity index (χ4n) is 2.05. The smallest absolute Gasteiger partial charge is 0.387 e. The zero-order valence-corrected chi connectivity index (χ0v) is 13.4. The molecule has 25 heavy (non-hydrogen) atoms. The summed E-state index contributed by atoms with van der Waals surface area (Å²) in [5, 5.41) is 2.54. The second kappa shape index (κ2) is 8.09. The second-order valence-electron chi connectivity index (χ2n) is 4.76. The molecule has 0 atom stereocenters. The average molecular weight is 351 g/mol. The van der Waals surface area contributed by atoms with Crippen molar-refractivity contribution in [2.45, 2.75) is 6.61 Å². The Morgan fingerprint density at radius 2 is 1.80 bits per heavy atom. The van der Waals surface area contributed by atoms with Gasteiger partial charge < -0.3 is 19.5 Å². The van der Waals surface area contributed by atoms with Gasteiger partial charge in [-0.25, -0.2) is 4.79 Å². The van der Waals surface area contributed by atoms with Crippen molar-refractivity contribution in [3.8, 4) is 11.5 Å². The maximum absolute atomic E-state index is 12.3. The molecule has 0 bridgehead atoms. The summed E-state index contributed by atoms with van der Waals surface area (Å²) in [6.45, 7) is -2.99. The third kappa shape index (κ3) is 4.66. The zero-order valence-electron chi connectivity index (χ0n) is 13.4. The van der Waals surface area contributed by atoms with Crippen molar-refractivity contribution in [2.24, 2.45) is 0 Å². The first kappa shape index (κ1) is 18.2. The molecule has 8 heteroatoms. The quantitative estimate of drug-likeness (QED) is 0.808. The molecule has 0 saturated heterocycles. The first-order chi connectivity index (χ1) is 11.9. The topological polar surface area (TPSA) is 73.9 Å². The number of hydrogen-bond acceptors (Lipinski definition) is 5. The Kier molecular flexibility index (Phi) is 5.89. The third-order valence-electron chi connectivity index (χ3n) is 3.20. The Hall–Kier alpha value is -3.16. The van der Waals surface area contributed by atoms with Crippen molar-refractivity contribution >= 4 is 17.6 Å². The summed E-state index contributed by atoms with van der Waals surface area (Å²) in [5.74, 6) is -1.00. The lowest BCUT2D eigenvalue weighted by Crippen LogP contribution is -2.16. The number of benzene rings is 2. The second-order valence-corrected chi connectivity index (χ2v) is 4.76. The largest absolute Gasteiger partial charge is 0.497 e. The van der Waals surface area contributed by atoms with Crippen LogP contribution >= 0.6 is 0 Å². The van der Waals surface area contributed by atoms with Crippen LogP contribution < -0.4 is 14.8 Å². The molecular weight excluding hydrogens is 336 g/mol. The van der Waals surface area contributed by atoms with Gasteiger partial charge in [0.25, 0.3) is 5.91 Å². The van der Waals surface area contributed by atoms with E-state index in [-0.39, 0.29) is 22.6 Å². The molecule has 0 spiro atoms. The summed E-state index contributed by atoms with van der Waals surface area (Å²) in [6.07, 6.45) is 0. The third-order valence-corrected chi connectivity index (χ3v) is 3.20. The molecule has 1 amide bonds. The van der Waals surface area contributed by atoms with Gasteiger partial charge in [0.05, 0.1) is 25.5 Å². The summed E-state index contributed by atoms with van der Waals surface area (Å²) in [6, 6.07) is 9.74. The number of carbonyl (C=O) groups excluding carboxylic acids is 2. The van der Waals surface area contributed by atoms with Crippen LogP contribution in [0.1, 0.15) is 20.7 Å². The Morgan fingerprint density at radius 1 is 1.04 bits per heavy atom. The summed E-state index contributed by atoms with van der Waals surface area (Å²) < 4.78 is 38.5. The van der Waals surface area contributed by atoms with Gasteiger partial charge in [-0.05, 0) is 36.4 Å². The molecule has 2 rings (SSSR count). The molecule has 2 aromatic rings. The Balaban J connectivity index is 2.27. The van der Waals surface area contributed by atoms with E-state index in [4.69, 9.17) is 4.74 Å². The molecule has 132 valence electrons. The van der Waals surface area contributed by atoms with E-state index in [1.807, 2.05) is 0 Å². The van der Waals surface area contributed by atoms with E-state index in [1.165, 1.54) is 50.6 Å². The molecule has 1 N–H and O–H groups in total. The number of alkyl halides is 2. The number of ether oxygens (including phenoxy) is 3. The monoisotopic (exact) mass is 351 g/mol. The van der Waals surface area contributed by atoms with Gasteiger partial charge in [0.15, 0.2) is 0 Å². The highest BCUT2D eigenvalue weighted by Gasteiger charge is 2.17. The number of carbonyl (C=O) groups is 2. The number of hydrogen-bond donors (Lipinski definition) is 1. The highest BCUT2D eigenvalue weighted by atomic mass is 19.3. The number of amides is 1. The normalized spacial score (nSPS) is 10.3. The molecule has 0 aliphatic rings. The minimum Gasteiger partial charge on any atom is -0.497 e. The van der Waals surface area contributed by atoms with Gasteiger partial charge in [0, 0.05) is 5.56 Å². The van der Waals surface area contributed by atoms with Crippen molar-refractivity contribution in [3.63, 3.8) is 0 Å². The van der Waals surface area contributed by atoms with Crippen molar-refractivity contribution in [1.29, 1.82) is 0 Å². The highest BCUT2D eigenvalue weighted by Crippen LogP contribution is 2.24. The number of halogens is 2. The van der Waals surface area contributed by atoms with E-state index in [0.29, 0.717) is 5.75 Å². The van der Waals surface area contributed by atoms with Gasteiger partial charge in [0.2, 0.25) is 0 Å². The Labute approximate surface area is 142 Å². The van der Waals surface area contributed by atoms with Crippen LogP contribution in [0.25, 0.3) is 0 Å². The molecule has 0 aliphatic heterocycles. The molecule has 0 unspecified atom stereocenters. The lowest BCUT2D eigenvalue weighted by Gasteiger charge is -2.12. The standard InChI is InChI=1S/C17H15F2NO5/c1-23-11-6-7-14(13(9-11)16(22)24-2)20-15(21)10-4-3-5-12(8-10)25-17(18)19/h3-9,17H,1-2H3,(H,20,21). The number of nitrogens with one attached hydrogen (secondary N) is 1. The van der Waals surface area contributed by atoms with Crippen molar-refractivity contribution in [1.82, 2.24) is 0 Å². The first-order valence-corrected chi connectivity index (χ1v) is 7.07. The Morgan fingerprint density at radius 3 is 2.44 bits per heavy atom. The maximum atomic E-state index is 12.3. The van der Waals surface area contributed by atoms with E-state index in [2.05, 4.69) is 14.8 Å². The summed E-state index contributed by atoms with van der Waals surface area (Å²) in [4.78, 5) is 24.2. The van der Waals surface area contributed by atoms with E-state index in [1.54, 1.807) is 6.07 Å². The van der Waals surface area contributed by atoms with E-state index in [0.717, 1.165) is 0 Å². The van der Waals surface area contributed by atoms with Crippen LogP contribution in [0, 0.1) is 0 Å².